The minimum atomic E-state index is -0.261. The van der Waals surface area contributed by atoms with Crippen LogP contribution in [0.2, 0.25) is 0 Å². The maximum Gasteiger partial charge on any atom is 0.306 e. The molecule has 0 radical (unpaired) electrons. The smallest absolute Gasteiger partial charge is 0.306 e. The number of hydrogen-bond acceptors (Lipinski definition) is 3. The number of ketones is 1. The van der Waals surface area contributed by atoms with E-state index in [1.807, 2.05) is 6.08 Å². The molecule has 0 aromatic rings. The number of allylic oxidation sites excluding steroid dienone is 2. The molecule has 5 aliphatic rings. The van der Waals surface area contributed by atoms with Gasteiger partial charge in [-0.05, 0) is 91.9 Å². The number of cyclic esters (lactones) is 1. The molecule has 8 unspecified atom stereocenters. The lowest BCUT2D eigenvalue weighted by molar-refractivity contribution is -0.186. The van der Waals surface area contributed by atoms with E-state index in [1.54, 1.807) is 0 Å². The molecule has 0 bridgehead atoms. The second-order valence-electron chi connectivity index (χ2n) is 12.9. The molecule has 3 heteroatoms. The summed E-state index contributed by atoms with van der Waals surface area (Å²) in [6, 6.07) is 0. The number of carbonyl (C=O) groups excluding carboxylic acids is 2. The van der Waals surface area contributed by atoms with Crippen LogP contribution in [0.4, 0.5) is 0 Å². The summed E-state index contributed by atoms with van der Waals surface area (Å²) in [6.07, 6.45) is 13.0. The van der Waals surface area contributed by atoms with Gasteiger partial charge in [0.1, 0.15) is 5.60 Å². The Kier molecular flexibility index (Phi) is 4.16. The fourth-order valence-corrected chi connectivity index (χ4v) is 9.75. The third-order valence-corrected chi connectivity index (χ3v) is 11.6. The number of carbonyl (C=O) groups is 2. The van der Waals surface area contributed by atoms with Gasteiger partial charge < -0.3 is 4.74 Å². The van der Waals surface area contributed by atoms with Crippen molar-refractivity contribution in [2.45, 2.75) is 98.5 Å². The van der Waals surface area contributed by atoms with E-state index in [9.17, 15) is 9.59 Å². The fourth-order valence-electron chi connectivity index (χ4n) is 9.75. The van der Waals surface area contributed by atoms with Crippen molar-refractivity contribution in [3.63, 3.8) is 0 Å². The molecule has 3 saturated carbocycles. The first-order valence-corrected chi connectivity index (χ1v) is 12.3. The second kappa shape index (κ2) is 6.01. The lowest BCUT2D eigenvalue weighted by atomic mass is 9.36. The van der Waals surface area contributed by atoms with Crippen LogP contribution >= 0.6 is 0 Å². The van der Waals surface area contributed by atoms with Crippen molar-refractivity contribution in [2.24, 2.45) is 45.3 Å². The quantitative estimate of drug-likeness (QED) is 0.488. The van der Waals surface area contributed by atoms with Crippen molar-refractivity contribution < 1.29 is 14.3 Å². The van der Waals surface area contributed by atoms with Gasteiger partial charge in [-0.2, -0.15) is 0 Å². The summed E-state index contributed by atoms with van der Waals surface area (Å²) >= 11 is 0. The molecular weight excluding hydrogens is 372 g/mol. The lowest BCUT2D eigenvalue weighted by Crippen LogP contribution is -2.62. The summed E-state index contributed by atoms with van der Waals surface area (Å²) in [5.41, 5.74) is 0.136. The third-order valence-electron chi connectivity index (χ3n) is 11.6. The molecule has 30 heavy (non-hydrogen) atoms. The Labute approximate surface area is 182 Å². The van der Waals surface area contributed by atoms with Crippen LogP contribution in [-0.2, 0) is 14.3 Å². The highest BCUT2D eigenvalue weighted by atomic mass is 16.6. The molecule has 0 N–H and O–H groups in total. The Bertz CT molecular complexity index is 826. The minimum absolute atomic E-state index is 0.00161. The van der Waals surface area contributed by atoms with Gasteiger partial charge in [-0.25, -0.2) is 0 Å². The predicted molar refractivity (Wildman–Crippen MR) is 118 cm³/mol. The first-order chi connectivity index (χ1) is 13.9. The molecule has 0 spiro atoms. The maximum absolute atomic E-state index is 12.7. The first-order valence-electron chi connectivity index (χ1n) is 12.3. The summed E-state index contributed by atoms with van der Waals surface area (Å²) in [7, 11) is 0. The van der Waals surface area contributed by atoms with Crippen LogP contribution in [0, 0.1) is 45.3 Å². The van der Waals surface area contributed by atoms with Gasteiger partial charge in [0, 0.05) is 17.8 Å². The van der Waals surface area contributed by atoms with E-state index in [0.717, 1.165) is 12.8 Å². The van der Waals surface area contributed by atoms with Crippen molar-refractivity contribution >= 4 is 11.8 Å². The zero-order valence-electron chi connectivity index (χ0n) is 19.8. The molecule has 0 amide bonds. The Morgan fingerprint density at radius 3 is 2.17 bits per heavy atom. The molecule has 4 fully saturated rings. The first kappa shape index (κ1) is 20.8. The molecule has 1 aliphatic heterocycles. The second-order valence-corrected chi connectivity index (χ2v) is 12.9. The van der Waals surface area contributed by atoms with Crippen molar-refractivity contribution in [3.8, 4) is 0 Å². The van der Waals surface area contributed by atoms with E-state index >= 15 is 0 Å². The summed E-state index contributed by atoms with van der Waals surface area (Å²) in [5, 5.41) is 0. The summed E-state index contributed by atoms with van der Waals surface area (Å²) in [5.74, 6) is 2.50. The Morgan fingerprint density at radius 1 is 0.800 bits per heavy atom. The highest BCUT2D eigenvalue weighted by Crippen LogP contribution is 2.75. The number of ether oxygens (including phenoxy) is 1. The number of rotatable bonds is 1. The van der Waals surface area contributed by atoms with Gasteiger partial charge in [0.05, 0.1) is 0 Å². The summed E-state index contributed by atoms with van der Waals surface area (Å²) in [4.78, 5) is 24.7. The zero-order valence-corrected chi connectivity index (χ0v) is 19.8. The standard InChI is InChI=1S/C27H40O3/c1-23(2)19-10-15-26(5)20(24(19,3)13-11-21(23)28)8-7-17-18(9-14-25(17,26)4)27(6)16-12-22(29)30-27/h11,13,17-20H,7-10,12,14-16H2,1-6H3. The molecule has 1 saturated heterocycles. The molecule has 0 aromatic heterocycles. The minimum Gasteiger partial charge on any atom is -0.459 e. The average Bonchev–Trinajstić information content (AvgIpc) is 3.20. The van der Waals surface area contributed by atoms with E-state index in [-0.39, 0.29) is 33.2 Å². The van der Waals surface area contributed by atoms with Crippen LogP contribution in [-0.4, -0.2) is 17.4 Å². The van der Waals surface area contributed by atoms with Crippen LogP contribution in [0.5, 0.6) is 0 Å². The molecule has 4 aliphatic carbocycles. The third kappa shape index (κ3) is 2.33. The largest absolute Gasteiger partial charge is 0.459 e. The van der Waals surface area contributed by atoms with Crippen LogP contribution in [0.25, 0.3) is 0 Å². The van der Waals surface area contributed by atoms with Gasteiger partial charge in [-0.3, -0.25) is 9.59 Å². The normalized spacial score (nSPS) is 54.3. The zero-order chi connectivity index (χ0) is 21.7. The van der Waals surface area contributed by atoms with Crippen molar-refractivity contribution in [1.29, 1.82) is 0 Å². The molecule has 0 aromatic carbocycles. The van der Waals surface area contributed by atoms with Gasteiger partial charge in [0.2, 0.25) is 0 Å². The maximum atomic E-state index is 12.7. The molecule has 5 rings (SSSR count). The van der Waals surface area contributed by atoms with Crippen LogP contribution in [0.1, 0.15) is 92.9 Å². The van der Waals surface area contributed by atoms with Crippen molar-refractivity contribution in [2.75, 3.05) is 0 Å². The Hall–Kier alpha value is -1.12. The van der Waals surface area contributed by atoms with Gasteiger partial charge in [0.25, 0.3) is 0 Å². The molecule has 3 nitrogen and oxygen atoms in total. The highest BCUT2D eigenvalue weighted by molar-refractivity contribution is 5.95. The average molecular weight is 413 g/mol. The van der Waals surface area contributed by atoms with E-state index in [1.165, 1.54) is 32.1 Å². The van der Waals surface area contributed by atoms with Gasteiger partial charge >= 0.3 is 5.97 Å². The van der Waals surface area contributed by atoms with E-state index < -0.39 is 0 Å². The van der Waals surface area contributed by atoms with Crippen LogP contribution in [0.3, 0.4) is 0 Å². The molecule has 1 heterocycles. The van der Waals surface area contributed by atoms with Gasteiger partial charge in [-0.15, -0.1) is 0 Å². The molecule has 8 atom stereocenters. The summed E-state index contributed by atoms with van der Waals surface area (Å²) in [6.45, 7) is 14.2. The SMILES string of the molecule is CC1(C2CCC3(C)C2CCC2C4(C)C=CC(=O)C(C)(C)C4CCC23C)CCC(=O)O1. The Morgan fingerprint density at radius 2 is 1.50 bits per heavy atom. The molecular formula is C27H40O3. The van der Waals surface area contributed by atoms with E-state index in [0.29, 0.717) is 35.9 Å². The number of esters is 1. The van der Waals surface area contributed by atoms with Gasteiger partial charge in [0.15, 0.2) is 5.78 Å². The number of hydrogen-bond donors (Lipinski definition) is 0. The van der Waals surface area contributed by atoms with Crippen molar-refractivity contribution in [3.05, 3.63) is 12.2 Å². The Balaban J connectivity index is 1.52. The fraction of sp³-hybridized carbons (Fsp3) is 0.852. The molecule has 166 valence electrons. The monoisotopic (exact) mass is 412 g/mol. The van der Waals surface area contributed by atoms with Crippen LogP contribution < -0.4 is 0 Å². The topological polar surface area (TPSA) is 43.4 Å². The van der Waals surface area contributed by atoms with E-state index in [2.05, 4.69) is 47.6 Å². The van der Waals surface area contributed by atoms with E-state index in [4.69, 9.17) is 4.74 Å². The van der Waals surface area contributed by atoms with Gasteiger partial charge in [-0.1, -0.05) is 40.7 Å². The van der Waals surface area contributed by atoms with Crippen LogP contribution in [0.15, 0.2) is 12.2 Å². The van der Waals surface area contributed by atoms with Crippen molar-refractivity contribution in [1.82, 2.24) is 0 Å². The summed E-state index contributed by atoms with van der Waals surface area (Å²) < 4.78 is 5.95. The lowest BCUT2D eigenvalue weighted by Gasteiger charge is -2.68. The highest BCUT2D eigenvalue weighted by Gasteiger charge is 2.69. The number of fused-ring (bicyclic) bond motifs is 5. The predicted octanol–water partition coefficient (Wildman–Crippen LogP) is 6.11.